The summed E-state index contributed by atoms with van der Waals surface area (Å²) >= 11 is 6.11. The van der Waals surface area contributed by atoms with E-state index < -0.39 is 6.17 Å². The van der Waals surface area contributed by atoms with Crippen LogP contribution in [0.2, 0.25) is 5.02 Å². The van der Waals surface area contributed by atoms with E-state index in [1.54, 1.807) is 4.68 Å². The maximum atomic E-state index is 13.6. The van der Waals surface area contributed by atoms with Crippen LogP contribution < -0.4 is 5.32 Å². The summed E-state index contributed by atoms with van der Waals surface area (Å²) in [5.74, 6) is -0.0309. The zero-order valence-corrected chi connectivity index (χ0v) is 18.8. The number of para-hydroxylation sites is 1. The van der Waals surface area contributed by atoms with Crippen LogP contribution in [0.5, 0.6) is 0 Å². The quantitative estimate of drug-likeness (QED) is 0.566. The normalized spacial score (nSPS) is 19.8. The number of nitrogens with zero attached hydrogens (tertiary/aromatic N) is 4. The SMILES string of the molecule is N#CCCn1cc([C@@H]2Nc3ccccc3C(=O)N2C[C@@H]2CCCO2)c(-c2ccc(Cl)cc2)n1. The van der Waals surface area contributed by atoms with Crippen molar-refractivity contribution in [3.8, 4) is 17.3 Å². The first-order valence-corrected chi connectivity index (χ1v) is 11.5. The number of rotatable bonds is 6. The Hall–Kier alpha value is -3.34. The lowest BCUT2D eigenvalue weighted by Crippen LogP contribution is -2.46. The fourth-order valence-corrected chi connectivity index (χ4v) is 4.61. The lowest BCUT2D eigenvalue weighted by Gasteiger charge is -2.39. The number of fused-ring (bicyclic) bond motifs is 1. The van der Waals surface area contributed by atoms with E-state index >= 15 is 0 Å². The Kier molecular flexibility index (Phi) is 6.03. The Morgan fingerprint density at radius 1 is 1.21 bits per heavy atom. The van der Waals surface area contributed by atoms with Crippen molar-refractivity contribution < 1.29 is 9.53 Å². The van der Waals surface area contributed by atoms with Gasteiger partial charge in [-0.3, -0.25) is 9.48 Å². The number of amides is 1. The number of carbonyl (C=O) groups excluding carboxylic acids is 1. The highest BCUT2D eigenvalue weighted by atomic mass is 35.5. The Labute approximate surface area is 197 Å². The summed E-state index contributed by atoms with van der Waals surface area (Å²) in [5.41, 5.74) is 3.97. The molecule has 1 amide bonds. The van der Waals surface area contributed by atoms with Crippen molar-refractivity contribution in [1.29, 1.82) is 5.26 Å². The Balaban J connectivity index is 1.59. The number of nitriles is 1. The predicted molar refractivity (Wildman–Crippen MR) is 126 cm³/mol. The van der Waals surface area contributed by atoms with Crippen molar-refractivity contribution in [1.82, 2.24) is 14.7 Å². The average molecular weight is 462 g/mol. The van der Waals surface area contributed by atoms with Gasteiger partial charge in [0.1, 0.15) is 6.17 Å². The summed E-state index contributed by atoms with van der Waals surface area (Å²) in [6.07, 6.45) is 3.81. The largest absolute Gasteiger partial charge is 0.376 e. The van der Waals surface area contributed by atoms with Crippen LogP contribution in [0.3, 0.4) is 0 Å². The van der Waals surface area contributed by atoms with Gasteiger partial charge in [0, 0.05) is 41.2 Å². The molecule has 2 atom stereocenters. The number of ether oxygens (including phenoxy) is 1. The number of anilines is 1. The van der Waals surface area contributed by atoms with Gasteiger partial charge in [-0.2, -0.15) is 10.4 Å². The molecule has 8 heteroatoms. The maximum Gasteiger partial charge on any atom is 0.257 e. The molecule has 0 unspecified atom stereocenters. The second kappa shape index (κ2) is 9.26. The fraction of sp³-hybridized carbons (Fsp3) is 0.320. The van der Waals surface area contributed by atoms with Gasteiger partial charge in [0.05, 0.1) is 36.4 Å². The number of carbonyl (C=O) groups is 1. The Morgan fingerprint density at radius 2 is 2.03 bits per heavy atom. The van der Waals surface area contributed by atoms with Gasteiger partial charge < -0.3 is 15.0 Å². The molecule has 2 aliphatic heterocycles. The Bertz CT molecular complexity index is 1190. The summed E-state index contributed by atoms with van der Waals surface area (Å²) in [6.45, 7) is 1.69. The number of benzene rings is 2. The molecule has 2 aliphatic rings. The molecule has 1 fully saturated rings. The molecular weight excluding hydrogens is 438 g/mol. The number of hydrogen-bond acceptors (Lipinski definition) is 5. The standard InChI is InChI=1S/C25H24ClN5O2/c26-18-10-8-17(9-11-18)23-21(16-30(29-23)13-4-12-27)24-28-22-7-2-1-6-20(22)25(32)31(24)15-19-5-3-14-33-19/h1-2,6-11,16,19,24,28H,3-5,13-15H2/t19-,24+/m0/s1. The first-order chi connectivity index (χ1) is 16.1. The molecule has 3 heterocycles. The maximum absolute atomic E-state index is 13.6. The highest BCUT2D eigenvalue weighted by Crippen LogP contribution is 2.38. The van der Waals surface area contributed by atoms with Crippen LogP contribution in [-0.2, 0) is 11.3 Å². The third kappa shape index (κ3) is 4.32. The van der Waals surface area contributed by atoms with Crippen LogP contribution in [0.15, 0.2) is 54.7 Å². The molecule has 0 spiro atoms. The lowest BCUT2D eigenvalue weighted by atomic mass is 10.0. The molecule has 1 saturated heterocycles. The van der Waals surface area contributed by atoms with Gasteiger partial charge in [0.15, 0.2) is 0 Å². The van der Waals surface area contributed by atoms with Gasteiger partial charge in [-0.25, -0.2) is 0 Å². The molecule has 1 N–H and O–H groups in total. The zero-order chi connectivity index (χ0) is 22.8. The molecule has 3 aromatic rings. The van der Waals surface area contributed by atoms with Crippen molar-refractivity contribution in [2.75, 3.05) is 18.5 Å². The van der Waals surface area contributed by atoms with Gasteiger partial charge in [0.2, 0.25) is 0 Å². The van der Waals surface area contributed by atoms with Crippen LogP contribution in [0.25, 0.3) is 11.3 Å². The van der Waals surface area contributed by atoms with Crippen LogP contribution >= 0.6 is 11.6 Å². The van der Waals surface area contributed by atoms with Gasteiger partial charge in [-0.05, 0) is 37.1 Å². The molecule has 7 nitrogen and oxygen atoms in total. The highest BCUT2D eigenvalue weighted by Gasteiger charge is 2.37. The minimum atomic E-state index is -0.418. The molecule has 0 bridgehead atoms. The van der Waals surface area contributed by atoms with E-state index in [0.717, 1.165) is 42.0 Å². The van der Waals surface area contributed by atoms with E-state index in [9.17, 15) is 4.79 Å². The topological polar surface area (TPSA) is 83.2 Å². The molecule has 0 aliphatic carbocycles. The van der Waals surface area contributed by atoms with Crippen molar-refractivity contribution in [2.24, 2.45) is 0 Å². The molecule has 33 heavy (non-hydrogen) atoms. The van der Waals surface area contributed by atoms with E-state index in [-0.39, 0.29) is 12.0 Å². The molecule has 168 valence electrons. The summed E-state index contributed by atoms with van der Waals surface area (Å²) in [6, 6.07) is 17.2. The first kappa shape index (κ1) is 21.5. The number of aryl methyl sites for hydroxylation is 1. The first-order valence-electron chi connectivity index (χ1n) is 11.1. The summed E-state index contributed by atoms with van der Waals surface area (Å²) < 4.78 is 7.65. The second-order valence-electron chi connectivity index (χ2n) is 8.30. The highest BCUT2D eigenvalue weighted by molar-refractivity contribution is 6.30. The van der Waals surface area contributed by atoms with Gasteiger partial charge in [0.25, 0.3) is 5.91 Å². The summed E-state index contributed by atoms with van der Waals surface area (Å²) in [4.78, 5) is 15.5. The zero-order valence-electron chi connectivity index (χ0n) is 18.1. The van der Waals surface area contributed by atoms with E-state index in [2.05, 4.69) is 11.4 Å². The minimum Gasteiger partial charge on any atom is -0.376 e. The van der Waals surface area contributed by atoms with Crippen LogP contribution in [-0.4, -0.2) is 39.8 Å². The van der Waals surface area contributed by atoms with Crippen molar-refractivity contribution in [3.05, 3.63) is 70.9 Å². The monoisotopic (exact) mass is 461 g/mol. The molecular formula is C25H24ClN5O2. The third-order valence-corrected chi connectivity index (χ3v) is 6.35. The third-order valence-electron chi connectivity index (χ3n) is 6.10. The van der Waals surface area contributed by atoms with Gasteiger partial charge >= 0.3 is 0 Å². The minimum absolute atomic E-state index is 0.0103. The predicted octanol–water partition coefficient (Wildman–Crippen LogP) is 4.86. The van der Waals surface area contributed by atoms with Gasteiger partial charge in [-0.15, -0.1) is 0 Å². The average Bonchev–Trinajstić information content (AvgIpc) is 3.50. The molecule has 2 aromatic carbocycles. The summed E-state index contributed by atoms with van der Waals surface area (Å²) in [7, 11) is 0. The van der Waals surface area contributed by atoms with Crippen molar-refractivity contribution in [2.45, 2.75) is 38.1 Å². The van der Waals surface area contributed by atoms with E-state index in [4.69, 9.17) is 26.7 Å². The van der Waals surface area contributed by atoms with Crippen molar-refractivity contribution in [3.63, 3.8) is 0 Å². The molecule has 0 radical (unpaired) electrons. The van der Waals surface area contributed by atoms with Crippen molar-refractivity contribution >= 4 is 23.2 Å². The fourth-order valence-electron chi connectivity index (χ4n) is 4.48. The molecule has 0 saturated carbocycles. The second-order valence-corrected chi connectivity index (χ2v) is 8.73. The van der Waals surface area contributed by atoms with Crippen LogP contribution in [0, 0.1) is 11.3 Å². The number of halogens is 1. The van der Waals surface area contributed by atoms with E-state index in [1.165, 1.54) is 0 Å². The van der Waals surface area contributed by atoms with Crippen LogP contribution in [0.1, 0.15) is 41.3 Å². The van der Waals surface area contributed by atoms with E-state index in [1.807, 2.05) is 59.6 Å². The Morgan fingerprint density at radius 3 is 2.79 bits per heavy atom. The summed E-state index contributed by atoms with van der Waals surface area (Å²) in [5, 5.41) is 18.1. The number of aromatic nitrogens is 2. The number of nitrogens with one attached hydrogen (secondary N) is 1. The smallest absolute Gasteiger partial charge is 0.257 e. The molecule has 5 rings (SSSR count). The van der Waals surface area contributed by atoms with Gasteiger partial charge in [-0.1, -0.05) is 35.9 Å². The molecule has 1 aromatic heterocycles. The van der Waals surface area contributed by atoms with Crippen LogP contribution in [0.4, 0.5) is 5.69 Å². The van der Waals surface area contributed by atoms with E-state index in [0.29, 0.717) is 30.1 Å². The lowest BCUT2D eigenvalue weighted by molar-refractivity contribution is 0.0427. The number of hydrogen-bond donors (Lipinski definition) is 1.